The van der Waals surface area contributed by atoms with Crippen LogP contribution in [0.15, 0.2) is 190 Å². The molecule has 290 valence electrons. The van der Waals surface area contributed by atoms with Crippen LogP contribution in [-0.4, -0.2) is 0 Å². The van der Waals surface area contributed by atoms with Crippen molar-refractivity contribution in [2.75, 3.05) is 4.90 Å². The van der Waals surface area contributed by atoms with Crippen molar-refractivity contribution >= 4 is 92.3 Å². The Kier molecular flexibility index (Phi) is 7.35. The average Bonchev–Trinajstić information content (AvgIpc) is 4.05. The molecule has 0 N–H and O–H groups in total. The van der Waals surface area contributed by atoms with Crippen LogP contribution < -0.4 is 4.90 Å². The second kappa shape index (κ2) is 12.9. The van der Waals surface area contributed by atoms with Crippen molar-refractivity contribution in [3.8, 4) is 22.3 Å². The number of rotatable bonds is 5. The van der Waals surface area contributed by atoms with E-state index in [0.29, 0.717) is 0 Å². The van der Waals surface area contributed by atoms with Gasteiger partial charge in [0.2, 0.25) is 0 Å². The van der Waals surface area contributed by atoms with Crippen LogP contribution in [0.2, 0.25) is 0 Å². The topological polar surface area (TPSA) is 29.5 Å². The number of nitrogens with zero attached hydrogens (tertiary/aromatic N) is 1. The van der Waals surface area contributed by atoms with Gasteiger partial charge >= 0.3 is 0 Å². The predicted octanol–water partition coefficient (Wildman–Crippen LogP) is 16.7. The van der Waals surface area contributed by atoms with Crippen molar-refractivity contribution in [1.82, 2.24) is 0 Å². The van der Waals surface area contributed by atoms with E-state index in [9.17, 15) is 0 Å². The fraction of sp³-hybridized carbons (Fsp3) is 0.0877. The van der Waals surface area contributed by atoms with Gasteiger partial charge in [-0.25, -0.2) is 0 Å². The summed E-state index contributed by atoms with van der Waals surface area (Å²) >= 11 is 1.88. The Bertz CT molecular complexity index is 3680. The molecule has 0 saturated heterocycles. The molecule has 8 aromatic carbocycles. The highest BCUT2D eigenvalue weighted by molar-refractivity contribution is 7.26. The smallest absolute Gasteiger partial charge is 0.143 e. The summed E-state index contributed by atoms with van der Waals surface area (Å²) in [6.07, 6.45) is 6.43. The van der Waals surface area contributed by atoms with Gasteiger partial charge in [-0.05, 0) is 94.8 Å². The second-order valence-corrected chi connectivity index (χ2v) is 18.2. The summed E-state index contributed by atoms with van der Waals surface area (Å²) in [5.74, 6) is 0. The van der Waals surface area contributed by atoms with Gasteiger partial charge in [0.15, 0.2) is 0 Å². The van der Waals surface area contributed by atoms with Gasteiger partial charge in [0.1, 0.15) is 22.3 Å². The highest BCUT2D eigenvalue weighted by Crippen LogP contribution is 2.54. The lowest BCUT2D eigenvalue weighted by Crippen LogP contribution is -2.20. The summed E-state index contributed by atoms with van der Waals surface area (Å²) in [4.78, 5) is 2.48. The summed E-state index contributed by atoms with van der Waals surface area (Å²) in [6.45, 7) is 4.72. The van der Waals surface area contributed by atoms with Crippen molar-refractivity contribution in [3.63, 3.8) is 0 Å². The number of benzene rings is 8. The van der Waals surface area contributed by atoms with Crippen LogP contribution in [0.4, 0.5) is 11.4 Å². The van der Waals surface area contributed by atoms with Crippen LogP contribution in [0, 0.1) is 0 Å². The van der Waals surface area contributed by atoms with E-state index in [2.05, 4.69) is 189 Å². The largest absolute Gasteiger partial charge is 0.455 e. The number of allylic oxidation sites excluding steroid dienone is 4. The molecule has 3 aromatic heterocycles. The van der Waals surface area contributed by atoms with Crippen LogP contribution in [0.5, 0.6) is 0 Å². The number of anilines is 2. The SMILES string of the molecule is CC1(C)c2cc(N(C3=CC=C(c4cccc5c4oc4ccccc45)CC3)c3ccc(-c4cccc5c4sc4ccccc45)cc3)ccc2-c2c1ccc1c2oc2ccccc21. The van der Waals surface area contributed by atoms with Gasteiger partial charge in [-0.15, -0.1) is 11.3 Å². The highest BCUT2D eigenvalue weighted by atomic mass is 32.1. The van der Waals surface area contributed by atoms with Gasteiger partial charge in [0.25, 0.3) is 0 Å². The van der Waals surface area contributed by atoms with Gasteiger partial charge in [0, 0.05) is 75.3 Å². The zero-order valence-corrected chi connectivity index (χ0v) is 34.6. The summed E-state index contributed by atoms with van der Waals surface area (Å²) in [5, 5.41) is 7.30. The van der Waals surface area contributed by atoms with Gasteiger partial charge < -0.3 is 13.7 Å². The molecule has 2 aliphatic carbocycles. The summed E-state index contributed by atoms with van der Waals surface area (Å²) in [7, 11) is 0. The van der Waals surface area contributed by atoms with Crippen LogP contribution >= 0.6 is 11.3 Å². The zero-order chi connectivity index (χ0) is 40.4. The molecule has 4 heteroatoms. The molecule has 0 bridgehead atoms. The third kappa shape index (κ3) is 5.09. The molecule has 0 unspecified atom stereocenters. The molecule has 0 amide bonds. The zero-order valence-electron chi connectivity index (χ0n) is 33.8. The van der Waals surface area contributed by atoms with Gasteiger partial charge in [-0.3, -0.25) is 0 Å². The van der Waals surface area contributed by atoms with E-state index in [0.717, 1.165) is 57.3 Å². The van der Waals surface area contributed by atoms with E-state index >= 15 is 0 Å². The Morgan fingerprint density at radius 2 is 1.15 bits per heavy atom. The lowest BCUT2D eigenvalue weighted by atomic mass is 9.82. The Balaban J connectivity index is 0.951. The molecule has 0 radical (unpaired) electrons. The van der Waals surface area contributed by atoms with E-state index in [1.54, 1.807) is 0 Å². The maximum absolute atomic E-state index is 6.64. The summed E-state index contributed by atoms with van der Waals surface area (Å²) in [6, 6.07) is 59.6. The molecule has 3 heterocycles. The minimum absolute atomic E-state index is 0.217. The quantitative estimate of drug-likeness (QED) is 0.174. The first kappa shape index (κ1) is 34.7. The van der Waals surface area contributed by atoms with Gasteiger partial charge in [-0.1, -0.05) is 141 Å². The second-order valence-electron chi connectivity index (χ2n) is 17.1. The fourth-order valence-electron chi connectivity index (χ4n) is 10.4. The van der Waals surface area contributed by atoms with Crippen LogP contribution in [0.1, 0.15) is 43.4 Å². The van der Waals surface area contributed by atoms with Gasteiger partial charge in [-0.2, -0.15) is 0 Å². The monoisotopic (exact) mass is 801 g/mol. The van der Waals surface area contributed by atoms with Crippen molar-refractivity contribution in [3.05, 3.63) is 198 Å². The Labute approximate surface area is 357 Å². The Hall–Kier alpha value is -7.14. The number of furan rings is 2. The molecule has 3 nitrogen and oxygen atoms in total. The van der Waals surface area contributed by atoms with Crippen LogP contribution in [0.3, 0.4) is 0 Å². The molecule has 0 fully saturated rings. The molecule has 0 atom stereocenters. The number of fused-ring (bicyclic) bond motifs is 13. The van der Waals surface area contributed by atoms with E-state index in [-0.39, 0.29) is 5.41 Å². The minimum Gasteiger partial charge on any atom is -0.455 e. The van der Waals surface area contributed by atoms with E-state index in [1.165, 1.54) is 81.2 Å². The Morgan fingerprint density at radius 3 is 1.92 bits per heavy atom. The van der Waals surface area contributed by atoms with Crippen molar-refractivity contribution in [2.45, 2.75) is 32.1 Å². The standard InChI is InChI=1S/C57H39NO2S/c1-57(2)48-32-31-45-42-12-4-7-19-51(42)60-55(45)53(48)47-30-29-38(33-49(47)57)58(36-25-21-34(22-26-36)39-14-9-16-44-41-11-3-6-18-50(41)59-54(39)44)37-27-23-35(24-28-37)40-15-10-17-46-43-13-5-8-20-52(43)61-56(40)46/h3-21,23-25,27-33H,22,26H2,1-2H3. The fourth-order valence-corrected chi connectivity index (χ4v) is 11.6. The lowest BCUT2D eigenvalue weighted by molar-refractivity contribution is 0.653. The first-order valence-electron chi connectivity index (χ1n) is 21.2. The third-order valence-electron chi connectivity index (χ3n) is 13.4. The molecular formula is C57H39NO2S. The maximum Gasteiger partial charge on any atom is 0.143 e. The summed E-state index contributed by atoms with van der Waals surface area (Å²) < 4.78 is 15.8. The first-order valence-corrected chi connectivity index (χ1v) is 22.0. The normalized spacial score (nSPS) is 14.6. The number of para-hydroxylation sites is 3. The third-order valence-corrected chi connectivity index (χ3v) is 14.6. The number of thiophene rings is 1. The van der Waals surface area contributed by atoms with E-state index in [4.69, 9.17) is 8.83 Å². The van der Waals surface area contributed by atoms with Crippen LogP contribution in [0.25, 0.3) is 91.9 Å². The highest BCUT2D eigenvalue weighted by Gasteiger charge is 2.38. The molecule has 13 rings (SSSR count). The number of hydrogen-bond donors (Lipinski definition) is 0. The van der Waals surface area contributed by atoms with Crippen LogP contribution in [-0.2, 0) is 5.41 Å². The molecule has 0 spiro atoms. The molecule has 2 aliphatic rings. The minimum atomic E-state index is -0.217. The van der Waals surface area contributed by atoms with E-state index in [1.807, 2.05) is 17.4 Å². The predicted molar refractivity (Wildman–Crippen MR) is 257 cm³/mol. The first-order chi connectivity index (χ1) is 30.0. The van der Waals surface area contributed by atoms with Crippen molar-refractivity contribution in [2.24, 2.45) is 0 Å². The molecular weight excluding hydrogens is 763 g/mol. The average molecular weight is 802 g/mol. The maximum atomic E-state index is 6.64. The lowest BCUT2D eigenvalue weighted by Gasteiger charge is -2.31. The Morgan fingerprint density at radius 1 is 0.492 bits per heavy atom. The molecule has 61 heavy (non-hydrogen) atoms. The van der Waals surface area contributed by atoms with E-state index < -0.39 is 0 Å². The van der Waals surface area contributed by atoms with Crippen molar-refractivity contribution in [1.29, 1.82) is 0 Å². The summed E-state index contributed by atoms with van der Waals surface area (Å²) in [5.41, 5.74) is 17.2. The molecule has 0 aliphatic heterocycles. The molecule has 0 saturated carbocycles. The number of hydrogen-bond acceptors (Lipinski definition) is 4. The van der Waals surface area contributed by atoms with Gasteiger partial charge in [0.05, 0.1) is 0 Å². The van der Waals surface area contributed by atoms with Crippen molar-refractivity contribution < 1.29 is 8.83 Å². The molecule has 11 aromatic rings.